The molecular weight excluding hydrogens is 250 g/mol. The third kappa shape index (κ3) is 2.33. The van der Waals surface area contributed by atoms with Crippen molar-refractivity contribution in [3.8, 4) is 0 Å². The lowest BCUT2D eigenvalue weighted by atomic mass is 9.96. The number of hydrogen-bond donors (Lipinski definition) is 0. The molecule has 1 fully saturated rings. The minimum atomic E-state index is -3.49. The number of rotatable bonds is 2. The second kappa shape index (κ2) is 4.82. The second-order valence-corrected chi connectivity index (χ2v) is 6.70. The van der Waals surface area contributed by atoms with E-state index in [0.29, 0.717) is 11.3 Å². The summed E-state index contributed by atoms with van der Waals surface area (Å²) in [5.74, 6) is -0.0818. The molecule has 98 valence electrons. The van der Waals surface area contributed by atoms with Gasteiger partial charge in [-0.15, -0.1) is 0 Å². The monoisotopic (exact) mass is 267 g/mol. The Balaban J connectivity index is 2.34. The number of Topliss-reactive ketones (excluding diaryl/α,β-unsaturated/α-hetero) is 1. The molecule has 1 aliphatic heterocycles. The zero-order valence-corrected chi connectivity index (χ0v) is 11.4. The average molecular weight is 267 g/mol. The van der Waals surface area contributed by atoms with E-state index in [-0.39, 0.29) is 24.3 Å². The molecule has 2 atom stereocenters. The first kappa shape index (κ1) is 13.2. The Labute approximate surface area is 108 Å². The van der Waals surface area contributed by atoms with Gasteiger partial charge in [-0.2, -0.15) is 4.31 Å². The summed E-state index contributed by atoms with van der Waals surface area (Å²) in [6.45, 7) is 3.84. The molecule has 0 N–H and O–H groups in total. The maximum Gasteiger partial charge on any atom is 0.243 e. The fourth-order valence-electron chi connectivity index (χ4n) is 2.21. The predicted octanol–water partition coefficient (Wildman–Crippen LogP) is 1.67. The van der Waals surface area contributed by atoms with Gasteiger partial charge in [0.05, 0.1) is 4.90 Å². The van der Waals surface area contributed by atoms with Crippen molar-refractivity contribution in [1.82, 2.24) is 4.31 Å². The quantitative estimate of drug-likeness (QED) is 0.819. The molecule has 0 saturated carbocycles. The molecule has 0 unspecified atom stereocenters. The van der Waals surface area contributed by atoms with E-state index in [4.69, 9.17) is 0 Å². The summed E-state index contributed by atoms with van der Waals surface area (Å²) in [5.41, 5.74) is 0. The van der Waals surface area contributed by atoms with Crippen LogP contribution in [0.5, 0.6) is 0 Å². The third-order valence-electron chi connectivity index (χ3n) is 3.34. The topological polar surface area (TPSA) is 54.5 Å². The summed E-state index contributed by atoms with van der Waals surface area (Å²) in [5, 5.41) is 0. The van der Waals surface area contributed by atoms with E-state index in [9.17, 15) is 13.2 Å². The smallest absolute Gasteiger partial charge is 0.243 e. The normalized spacial score (nSPS) is 26.2. The highest BCUT2D eigenvalue weighted by molar-refractivity contribution is 7.89. The van der Waals surface area contributed by atoms with Crippen molar-refractivity contribution >= 4 is 15.8 Å². The lowest BCUT2D eigenvalue weighted by molar-refractivity contribution is -0.125. The van der Waals surface area contributed by atoms with E-state index in [1.807, 2.05) is 0 Å². The van der Waals surface area contributed by atoms with E-state index < -0.39 is 10.0 Å². The van der Waals surface area contributed by atoms with Gasteiger partial charge in [-0.25, -0.2) is 8.42 Å². The first-order chi connectivity index (χ1) is 8.43. The molecule has 1 aliphatic rings. The van der Waals surface area contributed by atoms with E-state index in [0.717, 1.165) is 0 Å². The van der Waals surface area contributed by atoms with Gasteiger partial charge in [0.2, 0.25) is 10.0 Å². The van der Waals surface area contributed by atoms with Crippen molar-refractivity contribution in [3.05, 3.63) is 30.3 Å². The van der Waals surface area contributed by atoms with Crippen LogP contribution in [0.15, 0.2) is 35.2 Å². The summed E-state index contributed by atoms with van der Waals surface area (Å²) in [6.07, 6.45) is 0.299. The number of benzene rings is 1. The molecule has 1 aromatic carbocycles. The molecule has 1 saturated heterocycles. The third-order valence-corrected chi connectivity index (χ3v) is 5.34. The number of sulfonamides is 1. The number of nitrogens with zero attached hydrogens (tertiary/aromatic N) is 1. The zero-order chi connectivity index (χ0) is 13.3. The standard InChI is InChI=1S/C13H17NO3S/c1-10-9-14(11(2)8-13(10)15)18(16,17)12-6-4-3-5-7-12/h3-7,10-11H,8-9H2,1-2H3/t10-,11-/m1/s1. The molecule has 0 radical (unpaired) electrons. The molecule has 1 aromatic rings. The first-order valence-electron chi connectivity index (χ1n) is 6.02. The Morgan fingerprint density at radius 2 is 1.78 bits per heavy atom. The van der Waals surface area contributed by atoms with Crippen molar-refractivity contribution in [2.24, 2.45) is 5.92 Å². The van der Waals surface area contributed by atoms with Gasteiger partial charge in [-0.3, -0.25) is 4.79 Å². The largest absolute Gasteiger partial charge is 0.299 e. The van der Waals surface area contributed by atoms with Gasteiger partial charge in [0.25, 0.3) is 0 Å². The van der Waals surface area contributed by atoms with Crippen LogP contribution in [0.2, 0.25) is 0 Å². The molecule has 0 aromatic heterocycles. The predicted molar refractivity (Wildman–Crippen MR) is 68.6 cm³/mol. The summed E-state index contributed by atoms with van der Waals surface area (Å²) in [4.78, 5) is 11.9. The molecule has 4 nitrogen and oxygen atoms in total. The van der Waals surface area contributed by atoms with Crippen LogP contribution >= 0.6 is 0 Å². The molecule has 2 rings (SSSR count). The molecule has 5 heteroatoms. The SMILES string of the molecule is C[C@@H]1CN(S(=O)(=O)c2ccccc2)[C@H](C)CC1=O. The fraction of sp³-hybridized carbons (Fsp3) is 0.462. The summed E-state index contributed by atoms with van der Waals surface area (Å²) < 4.78 is 26.4. The van der Waals surface area contributed by atoms with E-state index >= 15 is 0 Å². The second-order valence-electron chi connectivity index (χ2n) is 4.81. The highest BCUT2D eigenvalue weighted by Crippen LogP contribution is 2.25. The van der Waals surface area contributed by atoms with E-state index in [1.54, 1.807) is 44.2 Å². The summed E-state index contributed by atoms with van der Waals surface area (Å²) in [7, 11) is -3.49. The molecule has 0 aliphatic carbocycles. The molecule has 18 heavy (non-hydrogen) atoms. The molecule has 0 bridgehead atoms. The van der Waals surface area contributed by atoms with Gasteiger partial charge in [-0.1, -0.05) is 25.1 Å². The average Bonchev–Trinajstić information content (AvgIpc) is 2.34. The van der Waals surface area contributed by atoms with Crippen molar-refractivity contribution in [2.45, 2.75) is 31.2 Å². The number of hydrogen-bond acceptors (Lipinski definition) is 3. The Morgan fingerprint density at radius 1 is 1.17 bits per heavy atom. The molecular formula is C13H17NO3S. The zero-order valence-electron chi connectivity index (χ0n) is 10.5. The van der Waals surface area contributed by atoms with Crippen LogP contribution in [0.1, 0.15) is 20.3 Å². The summed E-state index contributed by atoms with van der Waals surface area (Å²) in [6, 6.07) is 8.10. The number of piperidine rings is 1. The van der Waals surface area contributed by atoms with Gasteiger partial charge in [0, 0.05) is 24.9 Å². The van der Waals surface area contributed by atoms with Crippen LogP contribution in [0.25, 0.3) is 0 Å². The molecule has 1 heterocycles. The number of carbonyl (C=O) groups is 1. The van der Waals surface area contributed by atoms with Gasteiger partial charge in [0.1, 0.15) is 5.78 Å². The van der Waals surface area contributed by atoms with Gasteiger partial charge in [-0.05, 0) is 19.1 Å². The van der Waals surface area contributed by atoms with Crippen LogP contribution in [0.3, 0.4) is 0 Å². The lowest BCUT2D eigenvalue weighted by Crippen LogP contribution is -2.48. The van der Waals surface area contributed by atoms with E-state index in [2.05, 4.69) is 0 Å². The fourth-order valence-corrected chi connectivity index (χ4v) is 3.95. The van der Waals surface area contributed by atoms with Crippen molar-refractivity contribution in [1.29, 1.82) is 0 Å². The minimum Gasteiger partial charge on any atom is -0.299 e. The first-order valence-corrected chi connectivity index (χ1v) is 7.46. The van der Waals surface area contributed by atoms with Crippen molar-refractivity contribution < 1.29 is 13.2 Å². The Hall–Kier alpha value is -1.20. The maximum atomic E-state index is 12.5. The minimum absolute atomic E-state index is 0.141. The van der Waals surface area contributed by atoms with Crippen molar-refractivity contribution in [2.75, 3.05) is 6.54 Å². The Kier molecular flexibility index (Phi) is 3.54. The molecule has 0 spiro atoms. The Bertz CT molecular complexity index is 539. The highest BCUT2D eigenvalue weighted by Gasteiger charge is 2.36. The Morgan fingerprint density at radius 3 is 2.39 bits per heavy atom. The van der Waals surface area contributed by atoms with E-state index in [1.165, 1.54) is 4.31 Å². The van der Waals surface area contributed by atoms with Crippen LogP contribution in [-0.2, 0) is 14.8 Å². The van der Waals surface area contributed by atoms with Gasteiger partial charge < -0.3 is 0 Å². The van der Waals surface area contributed by atoms with Gasteiger partial charge >= 0.3 is 0 Å². The highest BCUT2D eigenvalue weighted by atomic mass is 32.2. The maximum absolute atomic E-state index is 12.5. The van der Waals surface area contributed by atoms with Crippen LogP contribution < -0.4 is 0 Å². The number of ketones is 1. The van der Waals surface area contributed by atoms with Crippen molar-refractivity contribution in [3.63, 3.8) is 0 Å². The molecule has 0 amide bonds. The van der Waals surface area contributed by atoms with Crippen LogP contribution in [0, 0.1) is 5.92 Å². The lowest BCUT2D eigenvalue weighted by Gasteiger charge is -2.34. The van der Waals surface area contributed by atoms with Gasteiger partial charge in [0.15, 0.2) is 0 Å². The number of carbonyl (C=O) groups excluding carboxylic acids is 1. The van der Waals surface area contributed by atoms with Crippen LogP contribution in [0.4, 0.5) is 0 Å². The summed E-state index contributed by atoms with van der Waals surface area (Å²) >= 11 is 0. The van der Waals surface area contributed by atoms with Crippen LogP contribution in [-0.4, -0.2) is 31.1 Å².